The summed E-state index contributed by atoms with van der Waals surface area (Å²) in [6.45, 7) is 4.84. The van der Waals surface area contributed by atoms with Crippen molar-refractivity contribution < 1.29 is 42.9 Å². The first kappa shape index (κ1) is 83.2. The van der Waals surface area contributed by atoms with Crippen LogP contribution in [0.3, 0.4) is 0 Å². The van der Waals surface area contributed by atoms with Crippen LogP contribution in [0.2, 0.25) is 0 Å². The van der Waals surface area contributed by atoms with Gasteiger partial charge in [-0.3, -0.25) is 9.59 Å². The lowest BCUT2D eigenvalue weighted by Crippen LogP contribution is -2.40. The van der Waals surface area contributed by atoms with Crippen LogP contribution in [0.1, 0.15) is 367 Å². The number of ether oxygens (including phenoxy) is 4. The summed E-state index contributed by atoms with van der Waals surface area (Å²) in [5.41, 5.74) is 0. The first-order valence-corrected chi connectivity index (χ1v) is 37.3. The maximum absolute atomic E-state index is 13.0. The molecule has 0 amide bonds. The molecule has 0 rings (SSSR count). The van der Waals surface area contributed by atoms with E-state index in [1.165, 1.54) is 276 Å². The molecule has 86 heavy (non-hydrogen) atoms. The first-order valence-electron chi connectivity index (χ1n) is 37.3. The normalized spacial score (nSPS) is 12.9. The van der Waals surface area contributed by atoms with Crippen LogP contribution in [-0.2, 0) is 33.3 Å². The third kappa shape index (κ3) is 68.7. The molecule has 0 saturated heterocycles. The van der Waals surface area contributed by atoms with Crippen molar-refractivity contribution in [2.75, 3.05) is 47.5 Å². The zero-order valence-corrected chi connectivity index (χ0v) is 57.7. The molecule has 0 radical (unpaired) electrons. The zero-order valence-electron chi connectivity index (χ0n) is 57.7. The third-order valence-corrected chi connectivity index (χ3v) is 16.8. The highest BCUT2D eigenvalue weighted by Crippen LogP contribution is 2.19. The Morgan fingerprint density at radius 1 is 0.360 bits per heavy atom. The molecule has 9 heteroatoms. The number of carboxylic acid groups (broad SMARTS) is 1. The van der Waals surface area contributed by atoms with E-state index in [0.717, 1.165) is 64.2 Å². The quantitative estimate of drug-likeness (QED) is 0.0211. The largest absolute Gasteiger partial charge is 0.477 e. The fraction of sp³-hybridized carbons (Fsp3) is 0.857. The molecule has 0 fully saturated rings. The molecule has 0 saturated carbocycles. The summed E-state index contributed by atoms with van der Waals surface area (Å²) >= 11 is 0. The molecular formula is C77H144NO8+. The monoisotopic (exact) mass is 1210 g/mol. The average Bonchev–Trinajstić information content (AvgIpc) is 3.64. The Balaban J connectivity index is 4.02. The molecule has 0 aromatic rings. The van der Waals surface area contributed by atoms with Crippen molar-refractivity contribution in [1.29, 1.82) is 0 Å². The van der Waals surface area contributed by atoms with Gasteiger partial charge in [0.25, 0.3) is 6.29 Å². The predicted octanol–water partition coefficient (Wildman–Crippen LogP) is 23.3. The van der Waals surface area contributed by atoms with E-state index in [-0.39, 0.29) is 38.2 Å². The van der Waals surface area contributed by atoms with Gasteiger partial charge in [-0.2, -0.15) is 0 Å². The Hall–Kier alpha value is -2.75. The van der Waals surface area contributed by atoms with Gasteiger partial charge >= 0.3 is 17.9 Å². The van der Waals surface area contributed by atoms with Gasteiger partial charge in [0, 0.05) is 12.8 Å². The number of carboxylic acids is 1. The smallest absolute Gasteiger partial charge is 0.361 e. The highest BCUT2D eigenvalue weighted by Gasteiger charge is 2.25. The van der Waals surface area contributed by atoms with Crippen LogP contribution in [0, 0.1) is 0 Å². The summed E-state index contributed by atoms with van der Waals surface area (Å²) in [4.78, 5) is 37.7. The summed E-state index contributed by atoms with van der Waals surface area (Å²) in [5.74, 6) is -1.97. The average molecular weight is 1210 g/mol. The number of aliphatic carboxylic acids is 1. The molecule has 0 aliphatic heterocycles. The molecular weight excluding hydrogens is 1070 g/mol. The van der Waals surface area contributed by atoms with Crippen molar-refractivity contribution >= 4 is 17.9 Å². The lowest BCUT2D eigenvalue weighted by Gasteiger charge is -2.25. The highest BCUT2D eigenvalue weighted by atomic mass is 16.7. The van der Waals surface area contributed by atoms with E-state index >= 15 is 0 Å². The van der Waals surface area contributed by atoms with Crippen LogP contribution in [0.25, 0.3) is 0 Å². The Morgan fingerprint density at radius 3 is 0.988 bits per heavy atom. The van der Waals surface area contributed by atoms with Crippen LogP contribution < -0.4 is 0 Å². The van der Waals surface area contributed by atoms with Crippen LogP contribution in [-0.4, -0.2) is 87.4 Å². The van der Waals surface area contributed by atoms with Gasteiger partial charge < -0.3 is 28.5 Å². The summed E-state index contributed by atoms with van der Waals surface area (Å²) < 4.78 is 23.0. The first-order chi connectivity index (χ1) is 42.1. The molecule has 2 unspecified atom stereocenters. The van der Waals surface area contributed by atoms with Crippen LogP contribution >= 0.6 is 0 Å². The van der Waals surface area contributed by atoms with Crippen molar-refractivity contribution in [2.45, 2.75) is 379 Å². The van der Waals surface area contributed by atoms with Gasteiger partial charge in [0.2, 0.25) is 0 Å². The number of hydrogen-bond donors (Lipinski definition) is 1. The molecule has 504 valence electrons. The molecule has 1 N–H and O–H groups in total. The van der Waals surface area contributed by atoms with Gasteiger partial charge in [0.1, 0.15) is 13.2 Å². The van der Waals surface area contributed by atoms with Gasteiger partial charge in [-0.25, -0.2) is 4.79 Å². The molecule has 0 aromatic carbocycles. The third-order valence-electron chi connectivity index (χ3n) is 16.8. The molecule has 0 bridgehead atoms. The highest BCUT2D eigenvalue weighted by molar-refractivity contribution is 5.71. The van der Waals surface area contributed by atoms with Gasteiger partial charge in [-0.15, -0.1) is 0 Å². The van der Waals surface area contributed by atoms with E-state index in [1.807, 2.05) is 21.1 Å². The van der Waals surface area contributed by atoms with Gasteiger partial charge in [-0.1, -0.05) is 351 Å². The molecule has 2 atom stereocenters. The van der Waals surface area contributed by atoms with Crippen LogP contribution in [0.15, 0.2) is 48.6 Å². The fourth-order valence-electron chi connectivity index (χ4n) is 11.2. The summed E-state index contributed by atoms with van der Waals surface area (Å²) in [5, 5.41) is 9.76. The molecule has 0 heterocycles. The fourth-order valence-corrected chi connectivity index (χ4v) is 11.2. The molecule has 0 spiro atoms. The number of carbonyl (C=O) groups excluding carboxylic acids is 2. The number of allylic oxidation sites excluding steroid dienone is 8. The SMILES string of the molecule is CC/C=C\C/C=C\C/C=C\C/C=C\CCCCCCCCCCCCCCCCCCCCCCC(=O)OC(COC(=O)CCCCCCCCCCCCCCCCCCCCCCCCCCCCCC)COC(OCC[N+](C)(C)C)C(=O)O. The maximum atomic E-state index is 13.0. The van der Waals surface area contributed by atoms with E-state index in [4.69, 9.17) is 18.9 Å². The van der Waals surface area contributed by atoms with Gasteiger partial charge in [0.15, 0.2) is 6.10 Å². The van der Waals surface area contributed by atoms with Crippen molar-refractivity contribution in [2.24, 2.45) is 0 Å². The molecule has 0 aliphatic rings. The summed E-state index contributed by atoms with van der Waals surface area (Å²) in [7, 11) is 5.99. The summed E-state index contributed by atoms with van der Waals surface area (Å²) in [6, 6.07) is 0. The number of unbranched alkanes of at least 4 members (excludes halogenated alkanes) is 47. The van der Waals surface area contributed by atoms with Gasteiger partial charge in [-0.05, 0) is 51.4 Å². The van der Waals surface area contributed by atoms with E-state index in [0.29, 0.717) is 17.4 Å². The minimum Gasteiger partial charge on any atom is -0.477 e. The van der Waals surface area contributed by atoms with Gasteiger partial charge in [0.05, 0.1) is 34.4 Å². The maximum Gasteiger partial charge on any atom is 0.361 e. The second-order valence-electron chi connectivity index (χ2n) is 26.6. The Morgan fingerprint density at radius 2 is 0.663 bits per heavy atom. The lowest BCUT2D eigenvalue weighted by molar-refractivity contribution is -0.870. The number of nitrogens with zero attached hydrogens (tertiary/aromatic N) is 1. The number of hydrogen-bond acceptors (Lipinski definition) is 7. The Labute approximate surface area is 533 Å². The van der Waals surface area contributed by atoms with Crippen LogP contribution in [0.5, 0.6) is 0 Å². The van der Waals surface area contributed by atoms with Crippen molar-refractivity contribution in [3.8, 4) is 0 Å². The predicted molar refractivity (Wildman–Crippen MR) is 369 cm³/mol. The lowest BCUT2D eigenvalue weighted by atomic mass is 10.0. The minimum absolute atomic E-state index is 0.176. The number of likely N-dealkylation sites (N-methyl/N-ethyl adjacent to an activating group) is 1. The Bertz CT molecular complexity index is 1550. The van der Waals surface area contributed by atoms with E-state index in [2.05, 4.69) is 62.5 Å². The van der Waals surface area contributed by atoms with E-state index in [1.54, 1.807) is 0 Å². The standard InChI is InChI=1S/C77H143NO8/c1-6-8-10-12-14-16-18-20-22-24-26-28-30-32-34-36-37-38-39-40-42-44-46-48-50-52-54-56-58-60-62-64-66-68-75(80)86-73(72-85-77(76(81)82)83-70-69-78(3,4)5)71-84-74(79)67-65-63-61-59-57-55-53-51-49-47-45-43-41-35-33-31-29-27-25-23-21-19-17-15-13-11-9-7-2/h8,10,14,16,20,22,26,28,73,77H,6-7,9,11-13,15,17-19,21,23-25,27,29-72H2,1-5H3/p+1/b10-8-,16-14-,22-20-,28-26-. The molecule has 9 nitrogen and oxygen atoms in total. The molecule has 0 aliphatic carbocycles. The van der Waals surface area contributed by atoms with Crippen molar-refractivity contribution in [1.82, 2.24) is 0 Å². The topological polar surface area (TPSA) is 108 Å². The second-order valence-corrected chi connectivity index (χ2v) is 26.6. The minimum atomic E-state index is -1.51. The number of quaternary nitrogens is 1. The summed E-state index contributed by atoms with van der Waals surface area (Å²) in [6.07, 6.45) is 85.3. The number of rotatable bonds is 70. The zero-order chi connectivity index (χ0) is 62.6. The van der Waals surface area contributed by atoms with E-state index < -0.39 is 18.4 Å². The van der Waals surface area contributed by atoms with Crippen LogP contribution in [0.4, 0.5) is 0 Å². The number of carbonyl (C=O) groups is 3. The number of esters is 2. The second kappa shape index (κ2) is 68.2. The van der Waals surface area contributed by atoms with Crippen molar-refractivity contribution in [3.63, 3.8) is 0 Å². The van der Waals surface area contributed by atoms with Crippen molar-refractivity contribution in [3.05, 3.63) is 48.6 Å². The molecule has 0 aromatic heterocycles. The van der Waals surface area contributed by atoms with E-state index in [9.17, 15) is 19.5 Å². The Kier molecular flexibility index (Phi) is 66.0.